The minimum absolute atomic E-state index is 0.422. The lowest BCUT2D eigenvalue weighted by Crippen LogP contribution is -1.88. The van der Waals surface area contributed by atoms with Crippen molar-refractivity contribution in [1.29, 1.82) is 0 Å². The van der Waals surface area contributed by atoms with Gasteiger partial charge in [0.15, 0.2) is 0 Å². The van der Waals surface area contributed by atoms with Crippen LogP contribution in [-0.2, 0) is 5.88 Å². The molecule has 0 aliphatic rings. The summed E-state index contributed by atoms with van der Waals surface area (Å²) in [5, 5.41) is 0. The summed E-state index contributed by atoms with van der Waals surface area (Å²) in [5.74, 6) is 0.422. The molecule has 2 N–H and O–H groups in total. The third-order valence-electron chi connectivity index (χ3n) is 0.978. The summed E-state index contributed by atoms with van der Waals surface area (Å²) in [7, 11) is 0. The van der Waals surface area contributed by atoms with Gasteiger partial charge in [-0.25, -0.2) is 0 Å². The van der Waals surface area contributed by atoms with Gasteiger partial charge in [-0.1, -0.05) is 0 Å². The molecule has 0 unspecified atom stereocenters. The average molecular weight is 143 g/mol. The molecule has 0 saturated carbocycles. The predicted octanol–water partition coefficient (Wildman–Crippen LogP) is 1.40. The molecule has 1 heterocycles. The molecule has 0 aromatic carbocycles. The molecule has 0 atom stereocenters. The van der Waals surface area contributed by atoms with Crippen LogP contribution < -0.4 is 5.73 Å². The van der Waals surface area contributed by atoms with Crippen molar-refractivity contribution in [2.45, 2.75) is 5.88 Å². The Kier molecular flexibility index (Phi) is 1.90. The summed E-state index contributed by atoms with van der Waals surface area (Å²) in [6, 6.07) is 3.49. The number of hydrogen-bond donors (Lipinski definition) is 1. The topological polar surface area (TPSA) is 38.9 Å². The first-order valence-corrected chi connectivity index (χ1v) is 3.13. The number of halogens is 1. The van der Waals surface area contributed by atoms with E-state index in [1.54, 1.807) is 18.3 Å². The second-order valence-electron chi connectivity index (χ2n) is 1.71. The summed E-state index contributed by atoms with van der Waals surface area (Å²) >= 11 is 5.48. The number of alkyl halides is 1. The maximum atomic E-state index is 5.48. The Labute approximate surface area is 58.7 Å². The Hall–Kier alpha value is -0.760. The van der Waals surface area contributed by atoms with Crippen LogP contribution in [0.15, 0.2) is 18.3 Å². The first-order valence-electron chi connectivity index (χ1n) is 2.59. The highest BCUT2D eigenvalue weighted by atomic mass is 35.5. The van der Waals surface area contributed by atoms with Gasteiger partial charge in [-0.15, -0.1) is 11.6 Å². The molecule has 0 amide bonds. The third-order valence-corrected chi connectivity index (χ3v) is 1.25. The van der Waals surface area contributed by atoms with E-state index in [2.05, 4.69) is 4.98 Å². The van der Waals surface area contributed by atoms with Crippen LogP contribution in [0, 0.1) is 0 Å². The zero-order valence-corrected chi connectivity index (χ0v) is 5.60. The van der Waals surface area contributed by atoms with Crippen molar-refractivity contribution in [2.75, 3.05) is 5.73 Å². The molecule has 9 heavy (non-hydrogen) atoms. The average Bonchev–Trinajstić information content (AvgIpc) is 1.88. The fourth-order valence-electron chi connectivity index (χ4n) is 0.570. The molecule has 1 aromatic heterocycles. The lowest BCUT2D eigenvalue weighted by molar-refractivity contribution is 1.17. The Morgan fingerprint density at radius 1 is 1.67 bits per heavy atom. The SMILES string of the molecule is Nc1ccnc(CCl)c1. The predicted molar refractivity (Wildman–Crippen MR) is 38.2 cm³/mol. The number of nitrogen functional groups attached to an aromatic ring is 1. The number of rotatable bonds is 1. The Balaban J connectivity index is 2.94. The number of hydrogen-bond acceptors (Lipinski definition) is 2. The van der Waals surface area contributed by atoms with Crippen molar-refractivity contribution in [3.05, 3.63) is 24.0 Å². The highest BCUT2D eigenvalue weighted by molar-refractivity contribution is 6.16. The van der Waals surface area contributed by atoms with Crippen molar-refractivity contribution < 1.29 is 0 Å². The summed E-state index contributed by atoms with van der Waals surface area (Å²) in [6.45, 7) is 0. The monoisotopic (exact) mass is 142 g/mol. The minimum atomic E-state index is 0.422. The van der Waals surface area contributed by atoms with Crippen molar-refractivity contribution in [2.24, 2.45) is 0 Å². The molecular formula is C6H7ClN2. The number of anilines is 1. The minimum Gasteiger partial charge on any atom is -0.399 e. The normalized spacial score (nSPS) is 9.44. The van der Waals surface area contributed by atoms with Crippen LogP contribution >= 0.6 is 11.6 Å². The van der Waals surface area contributed by atoms with Gasteiger partial charge in [0.25, 0.3) is 0 Å². The molecule has 0 aliphatic carbocycles. The Morgan fingerprint density at radius 3 is 2.89 bits per heavy atom. The van der Waals surface area contributed by atoms with E-state index in [0.29, 0.717) is 11.6 Å². The van der Waals surface area contributed by atoms with Crippen LogP contribution in [0.3, 0.4) is 0 Å². The van der Waals surface area contributed by atoms with E-state index in [1.807, 2.05) is 0 Å². The van der Waals surface area contributed by atoms with Crippen LogP contribution in [0.2, 0.25) is 0 Å². The second-order valence-corrected chi connectivity index (χ2v) is 1.98. The van der Waals surface area contributed by atoms with Crippen LogP contribution in [0.25, 0.3) is 0 Å². The fraction of sp³-hybridized carbons (Fsp3) is 0.167. The third kappa shape index (κ3) is 1.57. The number of nitrogens with two attached hydrogens (primary N) is 1. The van der Waals surface area contributed by atoms with Crippen molar-refractivity contribution in [3.63, 3.8) is 0 Å². The van der Waals surface area contributed by atoms with E-state index in [-0.39, 0.29) is 0 Å². The Morgan fingerprint density at radius 2 is 2.44 bits per heavy atom. The van der Waals surface area contributed by atoms with Crippen LogP contribution in [0.5, 0.6) is 0 Å². The molecule has 0 fully saturated rings. The molecule has 1 rings (SSSR count). The highest BCUT2D eigenvalue weighted by Crippen LogP contribution is 2.04. The fourth-order valence-corrected chi connectivity index (χ4v) is 0.716. The number of nitrogens with zero attached hydrogens (tertiary/aromatic N) is 1. The Bertz CT molecular complexity index is 200. The van der Waals surface area contributed by atoms with Gasteiger partial charge in [0.2, 0.25) is 0 Å². The zero-order valence-electron chi connectivity index (χ0n) is 4.84. The van der Waals surface area contributed by atoms with Crippen molar-refractivity contribution in [3.8, 4) is 0 Å². The summed E-state index contributed by atoms with van der Waals surface area (Å²) in [4.78, 5) is 3.95. The van der Waals surface area contributed by atoms with E-state index in [4.69, 9.17) is 17.3 Å². The lowest BCUT2D eigenvalue weighted by Gasteiger charge is -1.93. The molecule has 0 bridgehead atoms. The van der Waals surface area contributed by atoms with Gasteiger partial charge in [-0.2, -0.15) is 0 Å². The molecule has 0 aliphatic heterocycles. The van der Waals surface area contributed by atoms with Crippen LogP contribution in [-0.4, -0.2) is 4.98 Å². The maximum absolute atomic E-state index is 5.48. The smallest absolute Gasteiger partial charge is 0.0648 e. The van der Waals surface area contributed by atoms with E-state index in [0.717, 1.165) is 5.69 Å². The number of aromatic nitrogens is 1. The first kappa shape index (κ1) is 6.36. The van der Waals surface area contributed by atoms with Gasteiger partial charge in [0.05, 0.1) is 11.6 Å². The highest BCUT2D eigenvalue weighted by Gasteiger charge is 1.89. The quantitative estimate of drug-likeness (QED) is 0.602. The van der Waals surface area contributed by atoms with E-state index in [9.17, 15) is 0 Å². The van der Waals surface area contributed by atoms with E-state index < -0.39 is 0 Å². The summed E-state index contributed by atoms with van der Waals surface area (Å²) in [6.07, 6.45) is 1.65. The second kappa shape index (κ2) is 2.69. The van der Waals surface area contributed by atoms with Crippen LogP contribution in [0.4, 0.5) is 5.69 Å². The first-order chi connectivity index (χ1) is 4.33. The largest absolute Gasteiger partial charge is 0.399 e. The maximum Gasteiger partial charge on any atom is 0.0648 e. The molecule has 48 valence electrons. The standard InChI is InChI=1S/C6H7ClN2/c7-4-6-3-5(8)1-2-9-6/h1-3H,4H2,(H2,8,9). The molecule has 1 aromatic rings. The van der Waals surface area contributed by atoms with Crippen molar-refractivity contribution in [1.82, 2.24) is 4.98 Å². The van der Waals surface area contributed by atoms with E-state index >= 15 is 0 Å². The van der Waals surface area contributed by atoms with Gasteiger partial charge < -0.3 is 5.73 Å². The van der Waals surface area contributed by atoms with Crippen LogP contribution in [0.1, 0.15) is 5.69 Å². The summed E-state index contributed by atoms with van der Waals surface area (Å²) in [5.41, 5.74) is 6.96. The molecule has 0 radical (unpaired) electrons. The summed E-state index contributed by atoms with van der Waals surface area (Å²) < 4.78 is 0. The van der Waals surface area contributed by atoms with E-state index in [1.165, 1.54) is 0 Å². The number of pyridine rings is 1. The molecular weight excluding hydrogens is 136 g/mol. The molecule has 3 heteroatoms. The molecule has 2 nitrogen and oxygen atoms in total. The van der Waals surface area contributed by atoms with Gasteiger partial charge in [0.1, 0.15) is 0 Å². The molecule has 0 saturated heterocycles. The van der Waals surface area contributed by atoms with Gasteiger partial charge in [-0.05, 0) is 12.1 Å². The molecule has 0 spiro atoms. The van der Waals surface area contributed by atoms with Gasteiger partial charge >= 0.3 is 0 Å². The van der Waals surface area contributed by atoms with Gasteiger partial charge in [-0.3, -0.25) is 4.98 Å². The van der Waals surface area contributed by atoms with Crippen molar-refractivity contribution >= 4 is 17.3 Å². The lowest BCUT2D eigenvalue weighted by atomic mass is 10.3. The van der Waals surface area contributed by atoms with Gasteiger partial charge in [0, 0.05) is 11.9 Å². The zero-order chi connectivity index (χ0) is 6.69.